The van der Waals surface area contributed by atoms with Gasteiger partial charge in [-0.05, 0) is 30.7 Å². The van der Waals surface area contributed by atoms with Crippen LogP contribution >= 0.6 is 11.6 Å². The molecule has 3 rings (SSSR count). The summed E-state index contributed by atoms with van der Waals surface area (Å²) in [6, 6.07) is 14.5. The molecule has 0 fully saturated rings. The summed E-state index contributed by atoms with van der Waals surface area (Å²) in [5, 5.41) is 11.1. The number of methoxy groups -OCH3 is 1. The molecule has 1 heterocycles. The Morgan fingerprint density at radius 2 is 2.04 bits per heavy atom. The van der Waals surface area contributed by atoms with Crippen molar-refractivity contribution >= 4 is 23.2 Å². The van der Waals surface area contributed by atoms with Crippen LogP contribution in [0.1, 0.15) is 29.4 Å². The predicted molar refractivity (Wildman–Crippen MR) is 104 cm³/mol. The Morgan fingerprint density at radius 3 is 2.77 bits per heavy atom. The Morgan fingerprint density at radius 1 is 1.23 bits per heavy atom. The van der Waals surface area contributed by atoms with E-state index in [1.165, 1.54) is 0 Å². The number of H-pyrrole nitrogens is 1. The van der Waals surface area contributed by atoms with Crippen LogP contribution in [0, 0.1) is 0 Å². The monoisotopic (exact) mass is 369 g/mol. The minimum Gasteiger partial charge on any atom is -0.496 e. The van der Waals surface area contributed by atoms with Crippen LogP contribution in [-0.4, -0.2) is 23.2 Å². The van der Waals surface area contributed by atoms with Gasteiger partial charge in [-0.15, -0.1) is 0 Å². The number of hydrogen-bond donors (Lipinski definition) is 2. The fourth-order valence-electron chi connectivity index (χ4n) is 2.80. The molecule has 0 unspecified atom stereocenters. The van der Waals surface area contributed by atoms with Crippen molar-refractivity contribution in [3.05, 3.63) is 64.8 Å². The van der Waals surface area contributed by atoms with Crippen LogP contribution in [-0.2, 0) is 6.42 Å². The van der Waals surface area contributed by atoms with E-state index in [2.05, 4.69) is 22.4 Å². The minimum absolute atomic E-state index is 0.246. The van der Waals surface area contributed by atoms with Crippen molar-refractivity contribution in [2.45, 2.75) is 19.8 Å². The molecular weight excluding hydrogens is 350 g/mol. The molecule has 3 aromatic rings. The molecule has 0 atom stereocenters. The van der Waals surface area contributed by atoms with E-state index in [0.717, 1.165) is 24.1 Å². The lowest BCUT2D eigenvalue weighted by Gasteiger charge is -2.11. The first-order valence-corrected chi connectivity index (χ1v) is 8.79. The second-order valence-electron chi connectivity index (χ2n) is 5.84. The molecule has 0 radical (unpaired) electrons. The maximum absolute atomic E-state index is 12.8. The van der Waals surface area contributed by atoms with Crippen molar-refractivity contribution in [1.82, 2.24) is 10.2 Å². The smallest absolute Gasteiger partial charge is 0.259 e. The summed E-state index contributed by atoms with van der Waals surface area (Å²) in [5.74, 6) is 0.277. The van der Waals surface area contributed by atoms with Crippen molar-refractivity contribution in [2.75, 3.05) is 12.4 Å². The highest BCUT2D eigenvalue weighted by Crippen LogP contribution is 2.32. The summed E-state index contributed by atoms with van der Waals surface area (Å²) in [6.45, 7) is 2.08. The number of aromatic nitrogens is 2. The van der Waals surface area contributed by atoms with Crippen molar-refractivity contribution in [3.8, 4) is 17.0 Å². The number of nitrogens with zero attached hydrogens (tertiary/aromatic N) is 1. The first-order chi connectivity index (χ1) is 12.6. The largest absolute Gasteiger partial charge is 0.496 e. The van der Waals surface area contributed by atoms with Gasteiger partial charge in [-0.2, -0.15) is 5.10 Å². The van der Waals surface area contributed by atoms with Gasteiger partial charge in [0.25, 0.3) is 5.91 Å². The fourth-order valence-corrected chi connectivity index (χ4v) is 2.99. The Labute approximate surface area is 157 Å². The molecule has 2 N–H and O–H groups in total. The summed E-state index contributed by atoms with van der Waals surface area (Å²) in [4.78, 5) is 12.8. The molecule has 0 spiro atoms. The summed E-state index contributed by atoms with van der Waals surface area (Å²) in [5.41, 5.74) is 3.53. The standard InChI is InChI=1S/C20H20ClN3O2/c1-3-7-16-19(18(24-23-16)13-8-6-9-14(21)12-13)22-20(25)15-10-4-5-11-17(15)26-2/h4-6,8-12H,3,7H2,1-2H3,(H,22,25)(H,23,24). The zero-order valence-corrected chi connectivity index (χ0v) is 15.4. The average Bonchev–Trinajstić information content (AvgIpc) is 3.04. The Bertz CT molecular complexity index is 921. The molecule has 0 bridgehead atoms. The Hall–Kier alpha value is -2.79. The SMILES string of the molecule is CCCc1[nH]nc(-c2cccc(Cl)c2)c1NC(=O)c1ccccc1OC. The van der Waals surface area contributed by atoms with Crippen LogP contribution < -0.4 is 10.1 Å². The van der Waals surface area contributed by atoms with E-state index in [4.69, 9.17) is 16.3 Å². The number of aromatic amines is 1. The number of para-hydroxylation sites is 1. The van der Waals surface area contributed by atoms with Crippen LogP contribution in [0.15, 0.2) is 48.5 Å². The maximum atomic E-state index is 12.8. The van der Waals surface area contributed by atoms with E-state index < -0.39 is 0 Å². The van der Waals surface area contributed by atoms with Crippen LogP contribution in [0.4, 0.5) is 5.69 Å². The Kier molecular flexibility index (Phi) is 5.58. The highest BCUT2D eigenvalue weighted by atomic mass is 35.5. The minimum atomic E-state index is -0.246. The highest BCUT2D eigenvalue weighted by molar-refractivity contribution is 6.30. The van der Waals surface area contributed by atoms with E-state index in [-0.39, 0.29) is 5.91 Å². The number of aryl methyl sites for hydroxylation is 1. The lowest BCUT2D eigenvalue weighted by Crippen LogP contribution is -2.14. The fraction of sp³-hybridized carbons (Fsp3) is 0.200. The number of hydrogen-bond acceptors (Lipinski definition) is 3. The summed E-state index contributed by atoms with van der Waals surface area (Å²) >= 11 is 6.11. The molecule has 6 heteroatoms. The van der Waals surface area contributed by atoms with Gasteiger partial charge in [0.1, 0.15) is 11.4 Å². The first kappa shape index (κ1) is 18.0. The van der Waals surface area contributed by atoms with Crippen LogP contribution in [0.3, 0.4) is 0 Å². The van der Waals surface area contributed by atoms with E-state index >= 15 is 0 Å². The lowest BCUT2D eigenvalue weighted by molar-refractivity contribution is 0.102. The quantitative estimate of drug-likeness (QED) is 0.646. The number of anilines is 1. The van der Waals surface area contributed by atoms with Crippen molar-refractivity contribution in [1.29, 1.82) is 0 Å². The lowest BCUT2D eigenvalue weighted by atomic mass is 10.1. The number of halogens is 1. The molecule has 2 aromatic carbocycles. The number of nitrogens with one attached hydrogen (secondary N) is 2. The third kappa shape index (κ3) is 3.73. The van der Waals surface area contributed by atoms with Gasteiger partial charge >= 0.3 is 0 Å². The summed E-state index contributed by atoms with van der Waals surface area (Å²) in [6.07, 6.45) is 1.70. The zero-order chi connectivity index (χ0) is 18.5. The van der Waals surface area contributed by atoms with Gasteiger partial charge in [0, 0.05) is 10.6 Å². The van der Waals surface area contributed by atoms with Gasteiger partial charge in [-0.1, -0.05) is 49.2 Å². The third-order valence-corrected chi connectivity index (χ3v) is 4.26. The highest BCUT2D eigenvalue weighted by Gasteiger charge is 2.19. The average molecular weight is 370 g/mol. The maximum Gasteiger partial charge on any atom is 0.259 e. The molecule has 26 heavy (non-hydrogen) atoms. The molecule has 134 valence electrons. The summed E-state index contributed by atoms with van der Waals surface area (Å²) in [7, 11) is 1.55. The predicted octanol–water partition coefficient (Wildman–Crippen LogP) is 4.94. The first-order valence-electron chi connectivity index (χ1n) is 8.41. The molecule has 0 aliphatic carbocycles. The summed E-state index contributed by atoms with van der Waals surface area (Å²) < 4.78 is 5.29. The second-order valence-corrected chi connectivity index (χ2v) is 6.28. The van der Waals surface area contributed by atoms with Crippen LogP contribution in [0.25, 0.3) is 11.3 Å². The van der Waals surface area contributed by atoms with Crippen molar-refractivity contribution in [2.24, 2.45) is 0 Å². The van der Waals surface area contributed by atoms with Crippen LogP contribution in [0.5, 0.6) is 5.75 Å². The van der Waals surface area contributed by atoms with E-state index in [0.29, 0.717) is 27.7 Å². The number of amides is 1. The molecular formula is C20H20ClN3O2. The van der Waals surface area contributed by atoms with Gasteiger partial charge in [-0.3, -0.25) is 9.89 Å². The number of ether oxygens (including phenoxy) is 1. The number of carbonyl (C=O) groups is 1. The van der Waals surface area contributed by atoms with E-state index in [1.54, 1.807) is 31.4 Å². The van der Waals surface area contributed by atoms with Gasteiger partial charge in [0.2, 0.25) is 0 Å². The molecule has 1 aromatic heterocycles. The van der Waals surface area contributed by atoms with E-state index in [1.807, 2.05) is 24.3 Å². The molecule has 0 saturated carbocycles. The normalized spacial score (nSPS) is 10.6. The number of carbonyl (C=O) groups excluding carboxylic acids is 1. The number of benzene rings is 2. The van der Waals surface area contributed by atoms with Gasteiger partial charge in [0.15, 0.2) is 0 Å². The van der Waals surface area contributed by atoms with Gasteiger partial charge in [0.05, 0.1) is 24.1 Å². The number of rotatable bonds is 6. The zero-order valence-electron chi connectivity index (χ0n) is 14.7. The topological polar surface area (TPSA) is 67.0 Å². The molecule has 1 amide bonds. The van der Waals surface area contributed by atoms with Gasteiger partial charge < -0.3 is 10.1 Å². The Balaban J connectivity index is 2.00. The van der Waals surface area contributed by atoms with Crippen molar-refractivity contribution < 1.29 is 9.53 Å². The molecule has 0 saturated heterocycles. The second kappa shape index (κ2) is 8.06. The molecule has 0 aliphatic heterocycles. The van der Waals surface area contributed by atoms with Crippen molar-refractivity contribution in [3.63, 3.8) is 0 Å². The third-order valence-electron chi connectivity index (χ3n) is 4.03. The van der Waals surface area contributed by atoms with Crippen LogP contribution in [0.2, 0.25) is 5.02 Å². The van der Waals surface area contributed by atoms with Gasteiger partial charge in [-0.25, -0.2) is 0 Å². The van der Waals surface area contributed by atoms with E-state index in [9.17, 15) is 4.79 Å². The molecule has 5 nitrogen and oxygen atoms in total. The molecule has 0 aliphatic rings.